The van der Waals surface area contributed by atoms with Gasteiger partial charge in [0.05, 0.1) is 5.52 Å². The average Bonchev–Trinajstić information content (AvgIpc) is 2.59. The molecule has 2 aromatic carbocycles. The summed E-state index contributed by atoms with van der Waals surface area (Å²) in [6, 6.07) is 14.3. The number of rotatable bonds is 6. The topological polar surface area (TPSA) is 49.8 Å². The lowest BCUT2D eigenvalue weighted by molar-refractivity contribution is 0.627. The second kappa shape index (κ2) is 7.05. The van der Waals surface area contributed by atoms with Crippen molar-refractivity contribution in [2.24, 2.45) is 0 Å². The van der Waals surface area contributed by atoms with Crippen LogP contribution in [0.2, 0.25) is 0 Å². The van der Waals surface area contributed by atoms with Gasteiger partial charge in [0.15, 0.2) is 0 Å². The van der Waals surface area contributed by atoms with E-state index in [0.717, 1.165) is 35.2 Å². The molecule has 0 unspecified atom stereocenters. The van der Waals surface area contributed by atoms with E-state index in [2.05, 4.69) is 27.5 Å². The van der Waals surface area contributed by atoms with E-state index < -0.39 is 0 Å². The van der Waals surface area contributed by atoms with E-state index in [1.54, 1.807) is 12.1 Å². The number of hydrogen-bond acceptors (Lipinski definition) is 4. The second-order valence-corrected chi connectivity index (χ2v) is 5.32. The predicted molar refractivity (Wildman–Crippen MR) is 92.0 cm³/mol. The van der Waals surface area contributed by atoms with Gasteiger partial charge in [0.25, 0.3) is 0 Å². The molecule has 4 nitrogen and oxygen atoms in total. The van der Waals surface area contributed by atoms with Gasteiger partial charge < -0.3 is 10.6 Å². The summed E-state index contributed by atoms with van der Waals surface area (Å²) in [7, 11) is 0. The molecule has 0 fully saturated rings. The molecule has 2 N–H and O–H groups in total. The maximum Gasteiger partial charge on any atom is 0.225 e. The number of anilines is 2. The Hall–Kier alpha value is -2.69. The summed E-state index contributed by atoms with van der Waals surface area (Å²) < 4.78 is 12.9. The zero-order valence-corrected chi connectivity index (χ0v) is 13.0. The Kier molecular flexibility index (Phi) is 4.66. The number of nitrogens with zero attached hydrogens (tertiary/aromatic N) is 2. The van der Waals surface area contributed by atoms with Crippen LogP contribution in [0.25, 0.3) is 10.9 Å². The molecule has 0 saturated carbocycles. The quantitative estimate of drug-likeness (QED) is 0.716. The number of nitrogens with one attached hydrogen (secondary N) is 2. The SMILES string of the molecule is CCCNc1nc(NCc2ccc(F)cc2)nc2ccccc12. The van der Waals surface area contributed by atoms with Crippen molar-refractivity contribution >= 4 is 22.7 Å². The number of fused-ring (bicyclic) bond motifs is 1. The predicted octanol–water partition coefficient (Wildman–Crippen LogP) is 4.20. The van der Waals surface area contributed by atoms with Crippen molar-refractivity contribution in [3.8, 4) is 0 Å². The fourth-order valence-corrected chi connectivity index (χ4v) is 2.32. The molecular formula is C18H19FN4. The molecule has 0 radical (unpaired) electrons. The highest BCUT2D eigenvalue weighted by Crippen LogP contribution is 2.22. The van der Waals surface area contributed by atoms with Crippen molar-refractivity contribution in [2.45, 2.75) is 19.9 Å². The Morgan fingerprint density at radius 2 is 1.74 bits per heavy atom. The largest absolute Gasteiger partial charge is 0.369 e. The molecule has 0 bridgehead atoms. The van der Waals surface area contributed by atoms with E-state index in [1.807, 2.05) is 24.3 Å². The summed E-state index contributed by atoms with van der Waals surface area (Å²) in [5, 5.41) is 7.56. The Morgan fingerprint density at radius 3 is 2.52 bits per heavy atom. The van der Waals surface area contributed by atoms with E-state index in [9.17, 15) is 4.39 Å². The lowest BCUT2D eigenvalue weighted by atomic mass is 10.2. The maximum atomic E-state index is 12.9. The van der Waals surface area contributed by atoms with E-state index >= 15 is 0 Å². The second-order valence-electron chi connectivity index (χ2n) is 5.32. The first kappa shape index (κ1) is 15.2. The molecule has 0 aliphatic rings. The van der Waals surface area contributed by atoms with Gasteiger partial charge >= 0.3 is 0 Å². The molecule has 118 valence electrons. The number of benzene rings is 2. The Balaban J connectivity index is 1.83. The maximum absolute atomic E-state index is 12.9. The van der Waals surface area contributed by atoms with Gasteiger partial charge in [-0.05, 0) is 36.2 Å². The van der Waals surface area contributed by atoms with Gasteiger partial charge in [0, 0.05) is 18.5 Å². The molecular weight excluding hydrogens is 291 g/mol. The standard InChI is InChI=1S/C18H19FN4/c1-2-11-20-17-15-5-3-4-6-16(15)22-18(23-17)21-12-13-7-9-14(19)10-8-13/h3-10H,2,11-12H2,1H3,(H2,20,21,22,23). The Bertz CT molecular complexity index is 787. The van der Waals surface area contributed by atoms with Crippen molar-refractivity contribution in [1.82, 2.24) is 9.97 Å². The number of para-hydroxylation sites is 1. The van der Waals surface area contributed by atoms with Gasteiger partial charge in [-0.25, -0.2) is 9.37 Å². The molecule has 0 atom stereocenters. The van der Waals surface area contributed by atoms with Gasteiger partial charge in [-0.15, -0.1) is 0 Å². The van der Waals surface area contributed by atoms with Gasteiger partial charge in [0.1, 0.15) is 11.6 Å². The van der Waals surface area contributed by atoms with Crippen LogP contribution in [0, 0.1) is 5.82 Å². The smallest absolute Gasteiger partial charge is 0.225 e. The molecule has 3 rings (SSSR count). The van der Waals surface area contributed by atoms with Crippen LogP contribution in [-0.2, 0) is 6.54 Å². The molecule has 0 amide bonds. The highest BCUT2D eigenvalue weighted by molar-refractivity contribution is 5.89. The highest BCUT2D eigenvalue weighted by Gasteiger charge is 2.07. The van der Waals surface area contributed by atoms with Crippen molar-refractivity contribution in [3.05, 3.63) is 59.9 Å². The number of aromatic nitrogens is 2. The molecule has 3 aromatic rings. The van der Waals surface area contributed by atoms with Crippen LogP contribution in [0.4, 0.5) is 16.2 Å². The lowest BCUT2D eigenvalue weighted by Crippen LogP contribution is -2.08. The third-order valence-electron chi connectivity index (χ3n) is 3.51. The third-order valence-corrected chi connectivity index (χ3v) is 3.51. The fraction of sp³-hybridized carbons (Fsp3) is 0.222. The summed E-state index contributed by atoms with van der Waals surface area (Å²) >= 11 is 0. The van der Waals surface area contributed by atoms with Crippen LogP contribution in [0.1, 0.15) is 18.9 Å². The zero-order chi connectivity index (χ0) is 16.1. The molecule has 0 aliphatic heterocycles. The molecule has 23 heavy (non-hydrogen) atoms. The van der Waals surface area contributed by atoms with Crippen LogP contribution in [0.15, 0.2) is 48.5 Å². The van der Waals surface area contributed by atoms with E-state index in [-0.39, 0.29) is 5.82 Å². The first-order valence-corrected chi connectivity index (χ1v) is 7.75. The summed E-state index contributed by atoms with van der Waals surface area (Å²) in [4.78, 5) is 9.10. The monoisotopic (exact) mass is 310 g/mol. The van der Waals surface area contributed by atoms with Crippen LogP contribution in [-0.4, -0.2) is 16.5 Å². The van der Waals surface area contributed by atoms with Gasteiger partial charge in [-0.2, -0.15) is 4.98 Å². The first-order chi connectivity index (χ1) is 11.3. The van der Waals surface area contributed by atoms with E-state index in [1.165, 1.54) is 12.1 Å². The van der Waals surface area contributed by atoms with Crippen molar-refractivity contribution in [1.29, 1.82) is 0 Å². The molecule has 1 heterocycles. The van der Waals surface area contributed by atoms with Gasteiger partial charge in [-0.1, -0.05) is 31.2 Å². The summed E-state index contributed by atoms with van der Waals surface area (Å²) in [6.45, 7) is 3.52. The minimum absolute atomic E-state index is 0.234. The van der Waals surface area contributed by atoms with Crippen molar-refractivity contribution in [2.75, 3.05) is 17.2 Å². The summed E-state index contributed by atoms with van der Waals surface area (Å²) in [5.74, 6) is 1.16. The lowest BCUT2D eigenvalue weighted by Gasteiger charge is -2.11. The van der Waals surface area contributed by atoms with Gasteiger partial charge in [-0.3, -0.25) is 0 Å². The van der Waals surface area contributed by atoms with Crippen LogP contribution in [0.3, 0.4) is 0 Å². The minimum Gasteiger partial charge on any atom is -0.369 e. The van der Waals surface area contributed by atoms with Crippen LogP contribution >= 0.6 is 0 Å². The third kappa shape index (κ3) is 3.74. The molecule has 0 aliphatic carbocycles. The molecule has 1 aromatic heterocycles. The number of hydrogen-bond donors (Lipinski definition) is 2. The van der Waals surface area contributed by atoms with Crippen molar-refractivity contribution < 1.29 is 4.39 Å². The van der Waals surface area contributed by atoms with Crippen LogP contribution < -0.4 is 10.6 Å². The zero-order valence-electron chi connectivity index (χ0n) is 13.0. The fourth-order valence-electron chi connectivity index (χ4n) is 2.32. The summed E-state index contributed by atoms with van der Waals surface area (Å²) in [6.07, 6.45) is 1.02. The van der Waals surface area contributed by atoms with E-state index in [4.69, 9.17) is 0 Å². The van der Waals surface area contributed by atoms with E-state index in [0.29, 0.717) is 12.5 Å². The minimum atomic E-state index is -0.234. The molecule has 0 saturated heterocycles. The Morgan fingerprint density at radius 1 is 0.957 bits per heavy atom. The summed E-state index contributed by atoms with van der Waals surface area (Å²) in [5.41, 5.74) is 1.87. The molecule has 5 heteroatoms. The average molecular weight is 310 g/mol. The molecule has 0 spiro atoms. The normalized spacial score (nSPS) is 10.7. The Labute approximate surface area is 134 Å². The van der Waals surface area contributed by atoms with Crippen molar-refractivity contribution in [3.63, 3.8) is 0 Å². The van der Waals surface area contributed by atoms with Gasteiger partial charge in [0.2, 0.25) is 5.95 Å². The van der Waals surface area contributed by atoms with Crippen LogP contribution in [0.5, 0.6) is 0 Å². The first-order valence-electron chi connectivity index (χ1n) is 7.75. The highest BCUT2D eigenvalue weighted by atomic mass is 19.1. The number of halogens is 1.